The van der Waals surface area contributed by atoms with Crippen LogP contribution in [0.5, 0.6) is 0 Å². The Bertz CT molecular complexity index is 373. The maximum Gasteiger partial charge on any atom is 0.167 e. The highest BCUT2D eigenvalue weighted by molar-refractivity contribution is 7.80. The SMILES string of the molecule is C=C(C)CNC(=S)NC(CC)c1ccccc1. The van der Waals surface area contributed by atoms with Crippen molar-refractivity contribution in [2.75, 3.05) is 6.54 Å². The van der Waals surface area contributed by atoms with Crippen molar-refractivity contribution >= 4 is 17.3 Å². The Balaban J connectivity index is 2.53. The summed E-state index contributed by atoms with van der Waals surface area (Å²) in [6.45, 7) is 8.68. The fraction of sp³-hybridized carbons (Fsp3) is 0.357. The van der Waals surface area contributed by atoms with Crippen LogP contribution >= 0.6 is 12.2 Å². The first-order valence-electron chi connectivity index (χ1n) is 5.87. The molecular weight excluding hydrogens is 228 g/mol. The van der Waals surface area contributed by atoms with Crippen molar-refractivity contribution in [2.45, 2.75) is 26.3 Å². The molecule has 1 aromatic carbocycles. The minimum atomic E-state index is 0.265. The van der Waals surface area contributed by atoms with Gasteiger partial charge in [0.2, 0.25) is 0 Å². The van der Waals surface area contributed by atoms with E-state index < -0.39 is 0 Å². The van der Waals surface area contributed by atoms with E-state index in [1.165, 1.54) is 5.56 Å². The molecule has 1 aromatic rings. The summed E-state index contributed by atoms with van der Waals surface area (Å²) in [5.41, 5.74) is 2.33. The molecule has 0 spiro atoms. The van der Waals surface area contributed by atoms with Crippen molar-refractivity contribution < 1.29 is 0 Å². The third-order valence-corrected chi connectivity index (χ3v) is 2.73. The summed E-state index contributed by atoms with van der Waals surface area (Å²) in [6.07, 6.45) is 0.999. The number of rotatable bonds is 5. The quantitative estimate of drug-likeness (QED) is 0.618. The normalized spacial score (nSPS) is 11.6. The van der Waals surface area contributed by atoms with E-state index in [9.17, 15) is 0 Å². The van der Waals surface area contributed by atoms with Gasteiger partial charge in [-0.25, -0.2) is 0 Å². The molecular formula is C14H20N2S. The van der Waals surface area contributed by atoms with Crippen LogP contribution in [0.4, 0.5) is 0 Å². The van der Waals surface area contributed by atoms with E-state index in [-0.39, 0.29) is 6.04 Å². The fourth-order valence-corrected chi connectivity index (χ4v) is 1.76. The minimum Gasteiger partial charge on any atom is -0.359 e. The van der Waals surface area contributed by atoms with Crippen LogP contribution < -0.4 is 10.6 Å². The van der Waals surface area contributed by atoms with E-state index in [2.05, 4.69) is 36.3 Å². The standard InChI is InChI=1S/C14H20N2S/c1-4-13(12-8-6-5-7-9-12)16-14(17)15-10-11(2)3/h5-9,13H,2,4,10H2,1,3H3,(H2,15,16,17). The van der Waals surface area contributed by atoms with Gasteiger partial charge >= 0.3 is 0 Å². The van der Waals surface area contributed by atoms with Gasteiger partial charge < -0.3 is 10.6 Å². The molecule has 0 saturated heterocycles. The topological polar surface area (TPSA) is 24.1 Å². The average molecular weight is 248 g/mol. The predicted octanol–water partition coefficient (Wildman–Crippen LogP) is 3.18. The highest BCUT2D eigenvalue weighted by Gasteiger charge is 2.09. The molecule has 0 radical (unpaired) electrons. The zero-order valence-corrected chi connectivity index (χ0v) is 11.3. The zero-order valence-electron chi connectivity index (χ0n) is 10.5. The Hall–Kier alpha value is -1.35. The van der Waals surface area contributed by atoms with Gasteiger partial charge in [0.15, 0.2) is 5.11 Å². The van der Waals surface area contributed by atoms with Crippen LogP contribution in [0.3, 0.4) is 0 Å². The first kappa shape index (κ1) is 13.7. The molecule has 0 heterocycles. The van der Waals surface area contributed by atoms with Gasteiger partial charge in [0.05, 0.1) is 6.04 Å². The highest BCUT2D eigenvalue weighted by atomic mass is 32.1. The lowest BCUT2D eigenvalue weighted by atomic mass is 10.1. The predicted molar refractivity (Wildman–Crippen MR) is 78.0 cm³/mol. The van der Waals surface area contributed by atoms with Gasteiger partial charge in [-0.3, -0.25) is 0 Å². The van der Waals surface area contributed by atoms with Crippen molar-refractivity contribution in [3.63, 3.8) is 0 Å². The van der Waals surface area contributed by atoms with Crippen molar-refractivity contribution in [1.82, 2.24) is 10.6 Å². The Morgan fingerprint density at radius 1 is 1.35 bits per heavy atom. The lowest BCUT2D eigenvalue weighted by molar-refractivity contribution is 0.619. The molecule has 0 saturated carbocycles. The molecule has 2 nitrogen and oxygen atoms in total. The van der Waals surface area contributed by atoms with Gasteiger partial charge in [0.25, 0.3) is 0 Å². The molecule has 0 bridgehead atoms. The Labute approximate surface area is 109 Å². The summed E-state index contributed by atoms with van der Waals surface area (Å²) in [5.74, 6) is 0. The maximum absolute atomic E-state index is 5.25. The van der Waals surface area contributed by atoms with Crippen LogP contribution in [0.2, 0.25) is 0 Å². The Kier molecular flexibility index (Phi) is 5.70. The van der Waals surface area contributed by atoms with Gasteiger partial charge in [-0.15, -0.1) is 0 Å². The van der Waals surface area contributed by atoms with Gasteiger partial charge in [-0.1, -0.05) is 49.4 Å². The molecule has 3 heteroatoms. The molecule has 0 aliphatic heterocycles. The largest absolute Gasteiger partial charge is 0.359 e. The second-order valence-electron chi connectivity index (χ2n) is 4.16. The summed E-state index contributed by atoms with van der Waals surface area (Å²) in [6, 6.07) is 10.6. The smallest absolute Gasteiger partial charge is 0.167 e. The summed E-state index contributed by atoms with van der Waals surface area (Å²) < 4.78 is 0. The molecule has 0 aromatic heterocycles. The number of hydrogen-bond acceptors (Lipinski definition) is 1. The van der Waals surface area contributed by atoms with Crippen molar-refractivity contribution in [2.24, 2.45) is 0 Å². The van der Waals surface area contributed by atoms with Gasteiger partial charge in [0.1, 0.15) is 0 Å². The van der Waals surface area contributed by atoms with E-state index in [0.29, 0.717) is 5.11 Å². The number of nitrogens with one attached hydrogen (secondary N) is 2. The van der Waals surface area contributed by atoms with Gasteiger partial charge in [-0.2, -0.15) is 0 Å². The molecule has 0 fully saturated rings. The Morgan fingerprint density at radius 3 is 2.53 bits per heavy atom. The van der Waals surface area contributed by atoms with Gasteiger partial charge in [-0.05, 0) is 31.1 Å². The third-order valence-electron chi connectivity index (χ3n) is 2.47. The van der Waals surface area contributed by atoms with E-state index in [1.807, 2.05) is 25.1 Å². The van der Waals surface area contributed by atoms with Crippen molar-refractivity contribution in [3.05, 3.63) is 48.0 Å². The van der Waals surface area contributed by atoms with E-state index in [0.717, 1.165) is 18.5 Å². The molecule has 1 atom stereocenters. The monoisotopic (exact) mass is 248 g/mol. The van der Waals surface area contributed by atoms with E-state index in [1.54, 1.807) is 0 Å². The lowest BCUT2D eigenvalue weighted by Crippen LogP contribution is -2.38. The van der Waals surface area contributed by atoms with Crippen LogP contribution in [-0.2, 0) is 0 Å². The first-order valence-corrected chi connectivity index (χ1v) is 6.28. The van der Waals surface area contributed by atoms with Crippen LogP contribution in [0, 0.1) is 0 Å². The van der Waals surface area contributed by atoms with Gasteiger partial charge in [0, 0.05) is 6.54 Å². The minimum absolute atomic E-state index is 0.265. The summed E-state index contributed by atoms with van der Waals surface area (Å²) >= 11 is 5.25. The van der Waals surface area contributed by atoms with Crippen LogP contribution in [0.1, 0.15) is 31.9 Å². The van der Waals surface area contributed by atoms with E-state index >= 15 is 0 Å². The second-order valence-corrected chi connectivity index (χ2v) is 4.56. The second kappa shape index (κ2) is 7.07. The van der Waals surface area contributed by atoms with Crippen LogP contribution in [0.15, 0.2) is 42.5 Å². The summed E-state index contributed by atoms with van der Waals surface area (Å²) in [4.78, 5) is 0. The highest BCUT2D eigenvalue weighted by Crippen LogP contribution is 2.15. The number of hydrogen-bond donors (Lipinski definition) is 2. The molecule has 92 valence electrons. The molecule has 2 N–H and O–H groups in total. The first-order chi connectivity index (χ1) is 8.13. The molecule has 1 rings (SSSR count). The average Bonchev–Trinajstić information content (AvgIpc) is 2.34. The van der Waals surface area contributed by atoms with Crippen LogP contribution in [-0.4, -0.2) is 11.7 Å². The summed E-state index contributed by atoms with van der Waals surface area (Å²) in [7, 11) is 0. The Morgan fingerprint density at radius 2 is 2.00 bits per heavy atom. The molecule has 17 heavy (non-hydrogen) atoms. The number of thiocarbonyl (C=S) groups is 1. The fourth-order valence-electron chi connectivity index (χ4n) is 1.55. The van der Waals surface area contributed by atoms with Crippen molar-refractivity contribution in [3.8, 4) is 0 Å². The molecule has 0 amide bonds. The third kappa shape index (κ3) is 5.00. The molecule has 0 aliphatic carbocycles. The zero-order chi connectivity index (χ0) is 12.7. The number of benzene rings is 1. The molecule has 0 aliphatic rings. The van der Waals surface area contributed by atoms with Crippen LogP contribution in [0.25, 0.3) is 0 Å². The summed E-state index contributed by atoms with van der Waals surface area (Å²) in [5, 5.41) is 7.14. The van der Waals surface area contributed by atoms with E-state index in [4.69, 9.17) is 12.2 Å². The molecule has 1 unspecified atom stereocenters. The lowest BCUT2D eigenvalue weighted by Gasteiger charge is -2.20. The van der Waals surface area contributed by atoms with Crippen molar-refractivity contribution in [1.29, 1.82) is 0 Å². The maximum atomic E-state index is 5.25.